The number of amides is 2. The van der Waals surface area contributed by atoms with Crippen molar-refractivity contribution in [2.24, 2.45) is 0 Å². The Morgan fingerprint density at radius 3 is 2.43 bits per heavy atom. The molecule has 0 fully saturated rings. The third-order valence-electron chi connectivity index (χ3n) is 6.22. The number of rotatable bonds is 5. The summed E-state index contributed by atoms with van der Waals surface area (Å²) >= 11 is 12.3. The Balaban J connectivity index is 1.53. The number of halogens is 3. The third kappa shape index (κ3) is 5.03. The highest BCUT2D eigenvalue weighted by molar-refractivity contribution is 6.42. The largest absolute Gasteiger partial charge is 0.359 e. The molecule has 0 spiro atoms. The first-order valence-electron chi connectivity index (χ1n) is 11.5. The maximum Gasteiger partial charge on any atom is 0.259 e. The molecule has 0 atom stereocenters. The van der Waals surface area contributed by atoms with Crippen molar-refractivity contribution in [1.29, 1.82) is 0 Å². The summed E-state index contributed by atoms with van der Waals surface area (Å²) in [6.45, 7) is 4.23. The van der Waals surface area contributed by atoms with E-state index in [9.17, 15) is 14.0 Å². The SMILES string of the molecule is Cc1cc(C)c(/C=C2\C(=O)N(Cc3ccc(Cl)c(Cl)c3)c3ccc(NC(=O)c4ccc(F)cc4)cc32)[nH]1. The van der Waals surface area contributed by atoms with Gasteiger partial charge in [0.1, 0.15) is 5.82 Å². The molecule has 0 unspecified atom stereocenters. The van der Waals surface area contributed by atoms with Gasteiger partial charge in [-0.15, -0.1) is 0 Å². The number of nitrogens with zero attached hydrogens (tertiary/aromatic N) is 1. The molecule has 0 aliphatic carbocycles. The highest BCUT2D eigenvalue weighted by Gasteiger charge is 2.33. The van der Waals surface area contributed by atoms with Crippen molar-refractivity contribution in [2.75, 3.05) is 10.2 Å². The Labute approximate surface area is 223 Å². The molecule has 1 aliphatic rings. The standard InChI is InChI=1S/C29H22Cl2FN3O2/c1-16-11-17(2)33-26(16)14-23-22-13-21(34-28(36)19-4-6-20(32)7-5-19)8-10-27(22)35(29(23)37)15-18-3-9-24(30)25(31)12-18/h3-14,33H,15H2,1-2H3,(H,34,36)/b23-14-. The number of H-pyrrole nitrogens is 1. The molecule has 2 amide bonds. The molecule has 186 valence electrons. The molecule has 8 heteroatoms. The molecule has 5 nitrogen and oxygen atoms in total. The van der Waals surface area contributed by atoms with Gasteiger partial charge in [0.2, 0.25) is 0 Å². The molecule has 0 saturated carbocycles. The molecule has 2 N–H and O–H groups in total. The Morgan fingerprint density at radius 2 is 1.76 bits per heavy atom. The van der Waals surface area contributed by atoms with Gasteiger partial charge in [0, 0.05) is 28.2 Å². The molecular formula is C29H22Cl2FN3O2. The summed E-state index contributed by atoms with van der Waals surface area (Å²) < 4.78 is 13.3. The van der Waals surface area contributed by atoms with Gasteiger partial charge < -0.3 is 15.2 Å². The van der Waals surface area contributed by atoms with Crippen LogP contribution in [0.3, 0.4) is 0 Å². The molecule has 3 aromatic carbocycles. The van der Waals surface area contributed by atoms with Gasteiger partial charge in [-0.2, -0.15) is 0 Å². The molecule has 0 saturated heterocycles. The van der Waals surface area contributed by atoms with Crippen molar-refractivity contribution in [3.8, 4) is 0 Å². The zero-order chi connectivity index (χ0) is 26.3. The van der Waals surface area contributed by atoms with Crippen LogP contribution in [-0.2, 0) is 11.3 Å². The van der Waals surface area contributed by atoms with Crippen molar-refractivity contribution in [1.82, 2.24) is 4.98 Å². The second-order valence-corrected chi connectivity index (χ2v) is 9.75. The van der Waals surface area contributed by atoms with Crippen molar-refractivity contribution in [3.05, 3.63) is 116 Å². The molecule has 1 aromatic heterocycles. The maximum absolute atomic E-state index is 13.7. The Morgan fingerprint density at radius 1 is 1.00 bits per heavy atom. The zero-order valence-corrected chi connectivity index (χ0v) is 21.5. The quantitative estimate of drug-likeness (QED) is 0.262. The molecular weight excluding hydrogens is 512 g/mol. The van der Waals surface area contributed by atoms with E-state index in [0.717, 1.165) is 22.5 Å². The summed E-state index contributed by atoms with van der Waals surface area (Å²) in [5.41, 5.74) is 6.41. The predicted molar refractivity (Wildman–Crippen MR) is 147 cm³/mol. The number of hydrogen-bond donors (Lipinski definition) is 2. The zero-order valence-electron chi connectivity index (χ0n) is 20.0. The first-order chi connectivity index (χ1) is 17.7. The average molecular weight is 534 g/mol. The van der Waals surface area contributed by atoms with Gasteiger partial charge in [-0.3, -0.25) is 9.59 Å². The number of nitrogens with one attached hydrogen (secondary N) is 2. The van der Waals surface area contributed by atoms with Crippen molar-refractivity contribution in [2.45, 2.75) is 20.4 Å². The highest BCUT2D eigenvalue weighted by Crippen LogP contribution is 2.41. The van der Waals surface area contributed by atoms with Crippen molar-refractivity contribution >= 4 is 58.0 Å². The normalized spacial score (nSPS) is 13.8. The van der Waals surface area contributed by atoms with Gasteiger partial charge in [0.15, 0.2) is 0 Å². The monoisotopic (exact) mass is 533 g/mol. The molecule has 4 aromatic rings. The number of aryl methyl sites for hydroxylation is 2. The summed E-state index contributed by atoms with van der Waals surface area (Å²) in [5.74, 6) is -0.965. The number of benzene rings is 3. The third-order valence-corrected chi connectivity index (χ3v) is 6.96. The summed E-state index contributed by atoms with van der Waals surface area (Å²) in [6, 6.07) is 17.9. The minimum absolute atomic E-state index is 0.172. The van der Waals surface area contributed by atoms with Crippen molar-refractivity contribution in [3.63, 3.8) is 0 Å². The average Bonchev–Trinajstić information content (AvgIpc) is 3.31. The first kappa shape index (κ1) is 24.8. The van der Waals surface area contributed by atoms with Gasteiger partial charge in [0.25, 0.3) is 11.8 Å². The van der Waals surface area contributed by atoms with E-state index in [1.165, 1.54) is 24.3 Å². The first-order valence-corrected chi connectivity index (χ1v) is 12.3. The van der Waals surface area contributed by atoms with Gasteiger partial charge in [-0.25, -0.2) is 4.39 Å². The summed E-state index contributed by atoms with van der Waals surface area (Å²) in [5, 5.41) is 3.70. The lowest BCUT2D eigenvalue weighted by Crippen LogP contribution is -2.25. The van der Waals surface area contributed by atoms with E-state index in [4.69, 9.17) is 23.2 Å². The fourth-order valence-corrected chi connectivity index (χ4v) is 4.72. The minimum Gasteiger partial charge on any atom is -0.359 e. The van der Waals surface area contributed by atoms with Crippen LogP contribution in [0.1, 0.15) is 38.4 Å². The number of carbonyl (C=O) groups excluding carboxylic acids is 2. The molecule has 2 heterocycles. The molecule has 37 heavy (non-hydrogen) atoms. The van der Waals surface area contributed by atoms with E-state index >= 15 is 0 Å². The van der Waals surface area contributed by atoms with Gasteiger partial charge in [-0.05, 0) is 91.7 Å². The summed E-state index contributed by atoms with van der Waals surface area (Å²) in [7, 11) is 0. The predicted octanol–water partition coefficient (Wildman–Crippen LogP) is 7.42. The lowest BCUT2D eigenvalue weighted by Gasteiger charge is -2.18. The Hall–Kier alpha value is -3.87. The van der Waals surface area contributed by atoms with Crippen LogP contribution < -0.4 is 10.2 Å². The fraction of sp³-hybridized carbons (Fsp3) is 0.103. The maximum atomic E-state index is 13.7. The number of hydrogen-bond acceptors (Lipinski definition) is 2. The van der Waals surface area contributed by atoms with Crippen LogP contribution in [-0.4, -0.2) is 16.8 Å². The lowest BCUT2D eigenvalue weighted by molar-refractivity contribution is -0.113. The second-order valence-electron chi connectivity index (χ2n) is 8.94. The van der Waals surface area contributed by atoms with E-state index in [1.807, 2.05) is 32.1 Å². The highest BCUT2D eigenvalue weighted by atomic mass is 35.5. The van der Waals surface area contributed by atoms with Gasteiger partial charge >= 0.3 is 0 Å². The van der Waals surface area contributed by atoms with Crippen LogP contribution in [0.15, 0.2) is 66.7 Å². The van der Waals surface area contributed by atoms with E-state index < -0.39 is 5.82 Å². The molecule has 5 rings (SSSR count). The van der Waals surface area contributed by atoms with E-state index in [1.54, 1.807) is 35.2 Å². The molecule has 0 radical (unpaired) electrons. The van der Waals surface area contributed by atoms with Crippen LogP contribution in [0.4, 0.5) is 15.8 Å². The Kier molecular flexibility index (Phi) is 6.63. The fourth-order valence-electron chi connectivity index (χ4n) is 4.40. The number of fused-ring (bicyclic) bond motifs is 1. The van der Waals surface area contributed by atoms with Gasteiger partial charge in [0.05, 0.1) is 27.9 Å². The number of aromatic nitrogens is 1. The van der Waals surface area contributed by atoms with Crippen molar-refractivity contribution < 1.29 is 14.0 Å². The van der Waals surface area contributed by atoms with E-state index in [0.29, 0.717) is 44.7 Å². The minimum atomic E-state index is -0.417. The smallest absolute Gasteiger partial charge is 0.259 e. The number of aromatic amines is 1. The van der Waals surface area contributed by atoms with E-state index in [-0.39, 0.29) is 11.8 Å². The number of carbonyl (C=O) groups is 2. The van der Waals surface area contributed by atoms with Crippen LogP contribution in [0.25, 0.3) is 11.6 Å². The van der Waals surface area contributed by atoms with Crippen LogP contribution in [0.2, 0.25) is 10.0 Å². The summed E-state index contributed by atoms with van der Waals surface area (Å²) in [6.07, 6.45) is 1.84. The second kappa shape index (κ2) is 9.88. The van der Waals surface area contributed by atoms with Crippen LogP contribution >= 0.6 is 23.2 Å². The Bertz CT molecular complexity index is 1570. The van der Waals surface area contributed by atoms with Gasteiger partial charge in [-0.1, -0.05) is 29.3 Å². The molecule has 1 aliphatic heterocycles. The number of anilines is 2. The lowest BCUT2D eigenvalue weighted by atomic mass is 10.0. The topological polar surface area (TPSA) is 65.2 Å². The van der Waals surface area contributed by atoms with E-state index in [2.05, 4.69) is 10.3 Å². The summed E-state index contributed by atoms with van der Waals surface area (Å²) in [4.78, 5) is 31.4. The van der Waals surface area contributed by atoms with Crippen LogP contribution in [0.5, 0.6) is 0 Å². The van der Waals surface area contributed by atoms with Crippen LogP contribution in [0, 0.1) is 19.7 Å². The molecule has 0 bridgehead atoms.